The Morgan fingerprint density at radius 3 is 2.29 bits per heavy atom. The first-order valence-corrected chi connectivity index (χ1v) is 4.86. The fourth-order valence-electron chi connectivity index (χ4n) is 1.65. The minimum atomic E-state index is -0.0475. The molecule has 1 heterocycles. The zero-order chi connectivity index (χ0) is 10.9. The second-order valence-electron chi connectivity index (χ2n) is 3.77. The molecular weight excluding hydrogens is 178 g/mol. The van der Waals surface area contributed by atoms with Gasteiger partial charge in [-0.25, -0.2) is 4.98 Å². The van der Waals surface area contributed by atoms with Crippen LogP contribution in [-0.4, -0.2) is 16.7 Å². The van der Waals surface area contributed by atoms with Crippen LogP contribution in [0, 0.1) is 6.92 Å². The third-order valence-corrected chi connectivity index (χ3v) is 2.41. The third kappa shape index (κ3) is 1.75. The zero-order valence-corrected chi connectivity index (χ0v) is 9.53. The number of anilines is 1. The number of imidazole rings is 1. The molecule has 0 radical (unpaired) electrons. The molecule has 2 N–H and O–H groups in total. The van der Waals surface area contributed by atoms with Crippen LogP contribution in [0.4, 0.5) is 5.82 Å². The standard InChI is InChI=1S/C10H19N3O/c1-6(2)13-8(4)12-9(10(13)11)7(3)14-5/h6-7H,11H2,1-5H3. The summed E-state index contributed by atoms with van der Waals surface area (Å²) in [5, 5.41) is 0. The Labute approximate surface area is 85.1 Å². The number of hydrogen-bond acceptors (Lipinski definition) is 3. The second kappa shape index (κ2) is 4.00. The molecule has 0 saturated heterocycles. The highest BCUT2D eigenvalue weighted by molar-refractivity contribution is 5.40. The molecular formula is C10H19N3O. The number of methoxy groups -OCH3 is 1. The Balaban J connectivity index is 3.16. The number of nitrogens with two attached hydrogens (primary N) is 1. The molecule has 0 bridgehead atoms. The Bertz CT molecular complexity index is 317. The molecule has 0 aromatic carbocycles. The number of aromatic nitrogens is 2. The van der Waals surface area contributed by atoms with Crippen molar-refractivity contribution in [1.82, 2.24) is 9.55 Å². The van der Waals surface area contributed by atoms with E-state index >= 15 is 0 Å². The first-order valence-electron chi connectivity index (χ1n) is 4.86. The minimum absolute atomic E-state index is 0.0475. The van der Waals surface area contributed by atoms with Crippen molar-refractivity contribution in [3.05, 3.63) is 11.5 Å². The van der Waals surface area contributed by atoms with E-state index in [4.69, 9.17) is 10.5 Å². The van der Waals surface area contributed by atoms with Crippen LogP contribution < -0.4 is 5.73 Å². The van der Waals surface area contributed by atoms with Crippen LogP contribution in [0.5, 0.6) is 0 Å². The fraction of sp³-hybridized carbons (Fsp3) is 0.700. The minimum Gasteiger partial charge on any atom is -0.383 e. The predicted octanol–water partition coefficient (Wildman–Crippen LogP) is 2.06. The van der Waals surface area contributed by atoms with Gasteiger partial charge in [-0.1, -0.05) is 0 Å². The first kappa shape index (κ1) is 11.0. The van der Waals surface area contributed by atoms with E-state index in [0.29, 0.717) is 11.9 Å². The average Bonchev–Trinajstić information content (AvgIpc) is 2.40. The maximum Gasteiger partial charge on any atom is 0.129 e. The number of hydrogen-bond donors (Lipinski definition) is 1. The van der Waals surface area contributed by atoms with Gasteiger partial charge < -0.3 is 15.0 Å². The van der Waals surface area contributed by atoms with Gasteiger partial charge in [0.2, 0.25) is 0 Å². The molecule has 0 saturated carbocycles. The van der Waals surface area contributed by atoms with Crippen molar-refractivity contribution >= 4 is 5.82 Å². The van der Waals surface area contributed by atoms with Crippen LogP contribution in [0.25, 0.3) is 0 Å². The summed E-state index contributed by atoms with van der Waals surface area (Å²) in [5.41, 5.74) is 6.83. The molecule has 0 amide bonds. The molecule has 1 atom stereocenters. The van der Waals surface area contributed by atoms with Crippen LogP contribution in [0.2, 0.25) is 0 Å². The predicted molar refractivity (Wildman–Crippen MR) is 57.2 cm³/mol. The van der Waals surface area contributed by atoms with Crippen molar-refractivity contribution in [2.24, 2.45) is 0 Å². The van der Waals surface area contributed by atoms with Crippen molar-refractivity contribution in [3.8, 4) is 0 Å². The van der Waals surface area contributed by atoms with Gasteiger partial charge in [0.05, 0.1) is 6.10 Å². The summed E-state index contributed by atoms with van der Waals surface area (Å²) in [5.74, 6) is 1.66. The lowest BCUT2D eigenvalue weighted by Gasteiger charge is -2.12. The molecule has 0 spiro atoms. The van der Waals surface area contributed by atoms with E-state index in [9.17, 15) is 0 Å². The van der Waals surface area contributed by atoms with Crippen molar-refractivity contribution in [2.75, 3.05) is 12.8 Å². The summed E-state index contributed by atoms with van der Waals surface area (Å²) in [6.45, 7) is 8.09. The monoisotopic (exact) mass is 197 g/mol. The topological polar surface area (TPSA) is 53.1 Å². The lowest BCUT2D eigenvalue weighted by molar-refractivity contribution is 0.117. The SMILES string of the molecule is COC(C)c1nc(C)n(C(C)C)c1N. The summed E-state index contributed by atoms with van der Waals surface area (Å²) >= 11 is 0. The van der Waals surface area contributed by atoms with Crippen LogP contribution in [0.1, 0.15) is 44.4 Å². The molecule has 1 aromatic rings. The van der Waals surface area contributed by atoms with Gasteiger partial charge in [-0.15, -0.1) is 0 Å². The first-order chi connectivity index (χ1) is 6.49. The normalized spacial score (nSPS) is 13.6. The molecule has 80 valence electrons. The Kier molecular flexibility index (Phi) is 3.16. The van der Waals surface area contributed by atoms with Gasteiger partial charge in [-0.05, 0) is 27.7 Å². The molecule has 0 fully saturated rings. The van der Waals surface area contributed by atoms with Gasteiger partial charge in [0.25, 0.3) is 0 Å². The van der Waals surface area contributed by atoms with Crippen LogP contribution in [0.15, 0.2) is 0 Å². The Morgan fingerprint density at radius 1 is 1.36 bits per heavy atom. The molecule has 4 heteroatoms. The van der Waals surface area contributed by atoms with Crippen molar-refractivity contribution in [2.45, 2.75) is 39.8 Å². The third-order valence-electron chi connectivity index (χ3n) is 2.41. The molecule has 1 rings (SSSR count). The average molecular weight is 197 g/mol. The highest BCUT2D eigenvalue weighted by atomic mass is 16.5. The van der Waals surface area contributed by atoms with Gasteiger partial charge in [-0.2, -0.15) is 0 Å². The van der Waals surface area contributed by atoms with Gasteiger partial charge in [0.15, 0.2) is 0 Å². The Hall–Kier alpha value is -1.03. The summed E-state index contributed by atoms with van der Waals surface area (Å²) in [6.07, 6.45) is -0.0475. The molecule has 14 heavy (non-hydrogen) atoms. The lowest BCUT2D eigenvalue weighted by Crippen LogP contribution is -2.08. The molecule has 0 aliphatic carbocycles. The fourth-order valence-corrected chi connectivity index (χ4v) is 1.65. The van der Waals surface area contributed by atoms with E-state index in [0.717, 1.165) is 11.5 Å². The van der Waals surface area contributed by atoms with Gasteiger partial charge >= 0.3 is 0 Å². The highest BCUT2D eigenvalue weighted by Crippen LogP contribution is 2.25. The van der Waals surface area contributed by atoms with Crippen LogP contribution in [0.3, 0.4) is 0 Å². The maximum atomic E-state index is 6.00. The molecule has 1 unspecified atom stereocenters. The largest absolute Gasteiger partial charge is 0.383 e. The smallest absolute Gasteiger partial charge is 0.129 e. The van der Waals surface area contributed by atoms with E-state index in [2.05, 4.69) is 18.8 Å². The van der Waals surface area contributed by atoms with Crippen molar-refractivity contribution < 1.29 is 4.74 Å². The number of ether oxygens (including phenoxy) is 1. The number of aryl methyl sites for hydroxylation is 1. The van der Waals surface area contributed by atoms with Crippen molar-refractivity contribution in [3.63, 3.8) is 0 Å². The maximum absolute atomic E-state index is 6.00. The van der Waals surface area contributed by atoms with E-state index in [1.807, 2.05) is 18.4 Å². The zero-order valence-electron chi connectivity index (χ0n) is 9.53. The van der Waals surface area contributed by atoms with E-state index < -0.39 is 0 Å². The quantitative estimate of drug-likeness (QED) is 0.807. The van der Waals surface area contributed by atoms with E-state index in [-0.39, 0.29) is 6.10 Å². The number of nitrogen functional groups attached to an aromatic ring is 1. The molecule has 0 aliphatic rings. The summed E-state index contributed by atoms with van der Waals surface area (Å²) in [6, 6.07) is 0.334. The Morgan fingerprint density at radius 2 is 1.93 bits per heavy atom. The second-order valence-corrected chi connectivity index (χ2v) is 3.77. The van der Waals surface area contributed by atoms with Gasteiger partial charge in [-0.3, -0.25) is 0 Å². The van der Waals surface area contributed by atoms with Gasteiger partial charge in [0, 0.05) is 13.2 Å². The molecule has 1 aromatic heterocycles. The van der Waals surface area contributed by atoms with E-state index in [1.165, 1.54) is 0 Å². The lowest BCUT2D eigenvalue weighted by atomic mass is 10.3. The number of rotatable bonds is 3. The van der Waals surface area contributed by atoms with Crippen molar-refractivity contribution in [1.29, 1.82) is 0 Å². The summed E-state index contributed by atoms with van der Waals surface area (Å²) in [7, 11) is 1.66. The van der Waals surface area contributed by atoms with Crippen LogP contribution in [-0.2, 0) is 4.74 Å². The highest BCUT2D eigenvalue weighted by Gasteiger charge is 2.18. The molecule has 4 nitrogen and oxygen atoms in total. The summed E-state index contributed by atoms with van der Waals surface area (Å²) < 4.78 is 7.23. The summed E-state index contributed by atoms with van der Waals surface area (Å²) in [4.78, 5) is 4.42. The van der Waals surface area contributed by atoms with Gasteiger partial charge in [0.1, 0.15) is 17.3 Å². The van der Waals surface area contributed by atoms with Crippen LogP contribution >= 0.6 is 0 Å². The van der Waals surface area contributed by atoms with E-state index in [1.54, 1.807) is 7.11 Å². The number of nitrogens with zero attached hydrogens (tertiary/aromatic N) is 2. The molecule has 0 aliphatic heterocycles.